The monoisotopic (exact) mass is 271 g/mol. The Balaban J connectivity index is 2.09. The first-order chi connectivity index (χ1) is 8.50. The number of aromatic carboxylic acids is 1. The SMILES string of the molecule is O=C(O)c1ccnnc1NCC1CCCS1(=O)=O. The van der Waals surface area contributed by atoms with Gasteiger partial charge in [-0.25, -0.2) is 13.2 Å². The predicted octanol–water partition coefficient (Wildman–Crippen LogP) is 0.164. The Labute approximate surface area is 104 Å². The van der Waals surface area contributed by atoms with Crippen molar-refractivity contribution < 1.29 is 18.3 Å². The van der Waals surface area contributed by atoms with Gasteiger partial charge in [0.2, 0.25) is 0 Å². The van der Waals surface area contributed by atoms with E-state index in [4.69, 9.17) is 5.11 Å². The van der Waals surface area contributed by atoms with Gasteiger partial charge in [-0.2, -0.15) is 5.10 Å². The Morgan fingerprint density at radius 2 is 2.33 bits per heavy atom. The molecule has 1 aromatic rings. The van der Waals surface area contributed by atoms with Gasteiger partial charge in [0.25, 0.3) is 0 Å². The summed E-state index contributed by atoms with van der Waals surface area (Å²) in [5.74, 6) is -0.820. The highest BCUT2D eigenvalue weighted by Gasteiger charge is 2.31. The first kappa shape index (κ1) is 12.7. The smallest absolute Gasteiger partial charge is 0.339 e. The molecule has 1 aliphatic rings. The second kappa shape index (κ2) is 4.89. The maximum atomic E-state index is 11.6. The van der Waals surface area contributed by atoms with Crippen LogP contribution in [0.5, 0.6) is 0 Å². The zero-order valence-corrected chi connectivity index (χ0v) is 10.4. The fourth-order valence-electron chi connectivity index (χ4n) is 1.93. The van der Waals surface area contributed by atoms with Crippen LogP contribution in [0.2, 0.25) is 0 Å². The first-order valence-electron chi connectivity index (χ1n) is 5.51. The maximum absolute atomic E-state index is 11.6. The third-order valence-corrected chi connectivity index (χ3v) is 5.19. The van der Waals surface area contributed by atoms with E-state index in [2.05, 4.69) is 15.5 Å². The number of nitrogens with zero attached hydrogens (tertiary/aromatic N) is 2. The Bertz CT molecular complexity index is 558. The number of sulfone groups is 1. The van der Waals surface area contributed by atoms with Crippen molar-refractivity contribution in [2.45, 2.75) is 18.1 Å². The lowest BCUT2D eigenvalue weighted by atomic mass is 10.2. The van der Waals surface area contributed by atoms with Crippen molar-refractivity contribution in [3.05, 3.63) is 17.8 Å². The third kappa shape index (κ3) is 2.58. The van der Waals surface area contributed by atoms with Crippen molar-refractivity contribution in [1.29, 1.82) is 0 Å². The summed E-state index contributed by atoms with van der Waals surface area (Å²) in [6.07, 6.45) is 2.53. The highest BCUT2D eigenvalue weighted by atomic mass is 32.2. The molecule has 2 heterocycles. The molecule has 2 rings (SSSR count). The summed E-state index contributed by atoms with van der Waals surface area (Å²) in [7, 11) is -3.05. The third-order valence-electron chi connectivity index (χ3n) is 2.91. The molecule has 0 amide bonds. The van der Waals surface area contributed by atoms with Crippen LogP contribution in [-0.2, 0) is 9.84 Å². The molecule has 1 unspecified atom stereocenters. The summed E-state index contributed by atoms with van der Waals surface area (Å²) in [5.41, 5.74) is -0.0135. The van der Waals surface area contributed by atoms with Gasteiger partial charge >= 0.3 is 5.97 Å². The summed E-state index contributed by atoms with van der Waals surface area (Å²) >= 11 is 0. The maximum Gasteiger partial charge on any atom is 0.339 e. The number of nitrogens with one attached hydrogen (secondary N) is 1. The number of hydrogen-bond acceptors (Lipinski definition) is 6. The van der Waals surface area contributed by atoms with Crippen LogP contribution < -0.4 is 5.32 Å². The van der Waals surface area contributed by atoms with Gasteiger partial charge in [-0.3, -0.25) is 0 Å². The van der Waals surface area contributed by atoms with Crippen molar-refractivity contribution >= 4 is 21.6 Å². The van der Waals surface area contributed by atoms with Crippen LogP contribution in [0.3, 0.4) is 0 Å². The normalized spacial score (nSPS) is 21.7. The van der Waals surface area contributed by atoms with Crippen molar-refractivity contribution in [3.8, 4) is 0 Å². The van der Waals surface area contributed by atoms with Crippen LogP contribution in [0.15, 0.2) is 12.3 Å². The average Bonchev–Trinajstić information content (AvgIpc) is 2.66. The van der Waals surface area contributed by atoms with Crippen LogP contribution in [0, 0.1) is 0 Å². The van der Waals surface area contributed by atoms with Gasteiger partial charge < -0.3 is 10.4 Å². The number of rotatable bonds is 4. The van der Waals surface area contributed by atoms with Gasteiger partial charge in [-0.1, -0.05) is 0 Å². The minimum Gasteiger partial charge on any atom is -0.478 e. The number of aromatic nitrogens is 2. The molecule has 2 N–H and O–H groups in total. The van der Waals surface area contributed by atoms with Crippen LogP contribution in [-0.4, -0.2) is 47.2 Å². The molecule has 7 nitrogen and oxygen atoms in total. The summed E-state index contributed by atoms with van der Waals surface area (Å²) in [4.78, 5) is 10.9. The van der Waals surface area contributed by atoms with Gasteiger partial charge in [0.1, 0.15) is 5.56 Å². The molecule has 1 saturated heterocycles. The van der Waals surface area contributed by atoms with Gasteiger partial charge in [0, 0.05) is 6.54 Å². The second-order valence-electron chi connectivity index (χ2n) is 4.11. The Morgan fingerprint density at radius 1 is 1.56 bits per heavy atom. The molecule has 1 aromatic heterocycles. The highest BCUT2D eigenvalue weighted by Crippen LogP contribution is 2.20. The van der Waals surface area contributed by atoms with Crippen LogP contribution in [0.25, 0.3) is 0 Å². The largest absolute Gasteiger partial charge is 0.478 e. The van der Waals surface area contributed by atoms with E-state index in [1.165, 1.54) is 12.3 Å². The van der Waals surface area contributed by atoms with E-state index in [0.29, 0.717) is 12.8 Å². The predicted molar refractivity (Wildman–Crippen MR) is 64.3 cm³/mol. The molecule has 0 saturated carbocycles. The van der Waals surface area contributed by atoms with Crippen LogP contribution >= 0.6 is 0 Å². The molecule has 1 atom stereocenters. The number of carbonyl (C=O) groups is 1. The molecule has 0 spiro atoms. The lowest BCUT2D eigenvalue weighted by molar-refractivity contribution is 0.0697. The van der Waals surface area contributed by atoms with E-state index in [1.807, 2.05) is 0 Å². The van der Waals surface area contributed by atoms with E-state index < -0.39 is 21.1 Å². The van der Waals surface area contributed by atoms with Crippen LogP contribution in [0.4, 0.5) is 5.82 Å². The molecule has 1 fully saturated rings. The van der Waals surface area contributed by atoms with Crippen molar-refractivity contribution in [3.63, 3.8) is 0 Å². The van der Waals surface area contributed by atoms with Crippen molar-refractivity contribution in [1.82, 2.24) is 10.2 Å². The molecule has 0 radical (unpaired) electrons. The summed E-state index contributed by atoms with van der Waals surface area (Å²) in [6, 6.07) is 1.32. The van der Waals surface area contributed by atoms with Gasteiger partial charge in [-0.05, 0) is 18.9 Å². The van der Waals surface area contributed by atoms with E-state index in [9.17, 15) is 13.2 Å². The number of carboxylic acids is 1. The van der Waals surface area contributed by atoms with Crippen molar-refractivity contribution in [2.24, 2.45) is 0 Å². The van der Waals surface area contributed by atoms with Gasteiger partial charge in [0.05, 0.1) is 17.2 Å². The lowest BCUT2D eigenvalue weighted by Gasteiger charge is -2.11. The minimum absolute atomic E-state index is 0.0135. The fourth-order valence-corrected chi connectivity index (χ4v) is 3.70. The zero-order valence-electron chi connectivity index (χ0n) is 9.54. The number of carboxylic acid groups (broad SMARTS) is 1. The minimum atomic E-state index is -3.05. The lowest BCUT2D eigenvalue weighted by Crippen LogP contribution is -2.26. The summed E-state index contributed by atoms with van der Waals surface area (Å²) < 4.78 is 23.2. The molecule has 18 heavy (non-hydrogen) atoms. The summed E-state index contributed by atoms with van der Waals surface area (Å²) in [5, 5.41) is 18.5. The first-order valence-corrected chi connectivity index (χ1v) is 7.22. The topological polar surface area (TPSA) is 109 Å². The molecule has 0 aromatic carbocycles. The van der Waals surface area contributed by atoms with Crippen molar-refractivity contribution in [2.75, 3.05) is 17.6 Å². The molecule has 8 heteroatoms. The van der Waals surface area contributed by atoms with Gasteiger partial charge in [0.15, 0.2) is 15.7 Å². The fraction of sp³-hybridized carbons (Fsp3) is 0.500. The molecule has 0 aliphatic carbocycles. The Hall–Kier alpha value is -1.70. The molecular formula is C10H13N3O4S. The van der Waals surface area contributed by atoms with E-state index in [-0.39, 0.29) is 23.7 Å². The Kier molecular flexibility index (Phi) is 3.46. The molecule has 1 aliphatic heterocycles. The molecular weight excluding hydrogens is 258 g/mol. The van der Waals surface area contributed by atoms with Crippen LogP contribution in [0.1, 0.15) is 23.2 Å². The quantitative estimate of drug-likeness (QED) is 0.802. The number of anilines is 1. The molecule has 0 bridgehead atoms. The number of hydrogen-bond donors (Lipinski definition) is 2. The zero-order chi connectivity index (χ0) is 13.2. The Morgan fingerprint density at radius 3 is 2.94 bits per heavy atom. The standard InChI is InChI=1S/C10H13N3O4S/c14-10(15)8-3-4-12-13-9(8)11-6-7-2-1-5-18(7,16)17/h3-4,7H,1-2,5-6H2,(H,11,13)(H,14,15). The second-order valence-corrected chi connectivity index (χ2v) is 6.51. The van der Waals surface area contributed by atoms with E-state index >= 15 is 0 Å². The average molecular weight is 271 g/mol. The highest BCUT2D eigenvalue weighted by molar-refractivity contribution is 7.92. The molecule has 98 valence electrons. The summed E-state index contributed by atoms with van der Waals surface area (Å²) in [6.45, 7) is 0.168. The van der Waals surface area contributed by atoms with E-state index in [0.717, 1.165) is 0 Å². The van der Waals surface area contributed by atoms with E-state index in [1.54, 1.807) is 0 Å². The van der Waals surface area contributed by atoms with Gasteiger partial charge in [-0.15, -0.1) is 5.10 Å².